The van der Waals surface area contributed by atoms with E-state index in [1.165, 1.54) is 17.3 Å². The molecular formula is C25H26ClN3O2S. The molecule has 1 N–H and O–H groups in total. The van der Waals surface area contributed by atoms with Crippen molar-refractivity contribution < 1.29 is 9.53 Å². The van der Waals surface area contributed by atoms with Gasteiger partial charge in [0.15, 0.2) is 5.17 Å². The van der Waals surface area contributed by atoms with Crippen LogP contribution in [0.15, 0.2) is 52.4 Å². The number of carbonyl (C=O) groups excluding carboxylic acids is 1. The van der Waals surface area contributed by atoms with Crippen molar-refractivity contribution in [2.75, 3.05) is 18.6 Å². The SMILES string of the molecule is CCOc1ccc(N=C2NC(=O)/C(=C\c3cc4c(cc3Cl)N(C)C(C)(C)C=C4C)S2)cc1. The topological polar surface area (TPSA) is 53.9 Å². The maximum atomic E-state index is 12.6. The fourth-order valence-electron chi connectivity index (χ4n) is 3.82. The van der Waals surface area contributed by atoms with Gasteiger partial charge in [-0.3, -0.25) is 4.79 Å². The minimum absolute atomic E-state index is 0.0895. The summed E-state index contributed by atoms with van der Waals surface area (Å²) in [5.41, 5.74) is 4.87. The molecule has 1 amide bonds. The second-order valence-electron chi connectivity index (χ2n) is 8.34. The number of benzene rings is 2. The van der Waals surface area contributed by atoms with Gasteiger partial charge in [-0.05, 0) is 93.1 Å². The van der Waals surface area contributed by atoms with E-state index in [1.54, 1.807) is 0 Å². The fourth-order valence-corrected chi connectivity index (χ4v) is 4.87. The van der Waals surface area contributed by atoms with Crippen LogP contribution in [0, 0.1) is 0 Å². The summed E-state index contributed by atoms with van der Waals surface area (Å²) in [5, 5.41) is 3.98. The molecular weight excluding hydrogens is 442 g/mol. The van der Waals surface area contributed by atoms with Crippen molar-refractivity contribution in [1.29, 1.82) is 0 Å². The summed E-state index contributed by atoms with van der Waals surface area (Å²) in [4.78, 5) is 19.9. The number of nitrogens with zero attached hydrogens (tertiary/aromatic N) is 2. The Hall–Kier alpha value is -2.70. The molecule has 2 aliphatic heterocycles. The van der Waals surface area contributed by atoms with Crippen LogP contribution < -0.4 is 15.0 Å². The molecule has 0 aromatic heterocycles. The Morgan fingerprint density at radius 3 is 2.66 bits per heavy atom. The van der Waals surface area contributed by atoms with Gasteiger partial charge in [-0.1, -0.05) is 17.7 Å². The van der Waals surface area contributed by atoms with Crippen molar-refractivity contribution in [1.82, 2.24) is 5.32 Å². The number of fused-ring (bicyclic) bond motifs is 1. The van der Waals surface area contributed by atoms with Gasteiger partial charge in [0.1, 0.15) is 5.75 Å². The zero-order valence-corrected chi connectivity index (χ0v) is 20.4. The van der Waals surface area contributed by atoms with Crippen molar-refractivity contribution >= 4 is 57.5 Å². The molecule has 0 saturated carbocycles. The highest BCUT2D eigenvalue weighted by atomic mass is 35.5. The Morgan fingerprint density at radius 1 is 1.25 bits per heavy atom. The van der Waals surface area contributed by atoms with Gasteiger partial charge in [0.25, 0.3) is 5.91 Å². The van der Waals surface area contributed by atoms with Crippen molar-refractivity contribution in [3.8, 4) is 5.75 Å². The number of likely N-dealkylation sites (N-methyl/N-ethyl adjacent to an activating group) is 1. The maximum Gasteiger partial charge on any atom is 0.264 e. The second kappa shape index (κ2) is 8.68. The summed E-state index contributed by atoms with van der Waals surface area (Å²) in [6.07, 6.45) is 4.08. The number of hydrogen-bond acceptors (Lipinski definition) is 5. The molecule has 32 heavy (non-hydrogen) atoms. The number of nitrogens with one attached hydrogen (secondary N) is 1. The van der Waals surface area contributed by atoms with Crippen molar-refractivity contribution in [3.05, 3.63) is 63.5 Å². The van der Waals surface area contributed by atoms with Crippen LogP contribution >= 0.6 is 23.4 Å². The molecule has 1 saturated heterocycles. The zero-order valence-electron chi connectivity index (χ0n) is 18.8. The van der Waals surface area contributed by atoms with Crippen LogP contribution in [0.25, 0.3) is 11.6 Å². The zero-order chi connectivity index (χ0) is 23.0. The van der Waals surface area contributed by atoms with Crippen LogP contribution in [0.4, 0.5) is 11.4 Å². The number of amides is 1. The molecule has 2 heterocycles. The Balaban J connectivity index is 1.61. The molecule has 4 rings (SSSR count). The number of halogens is 1. The standard InChI is InChI=1S/C25H26ClN3O2S/c1-6-31-18-9-7-17(8-10-18)27-24-28-23(30)22(32-24)12-16-11-19-15(2)14-25(3,4)29(5)21(19)13-20(16)26/h7-14H,6H2,1-5H3,(H,27,28,30)/b22-12+. The van der Waals surface area contributed by atoms with Crippen LogP contribution in [0.5, 0.6) is 5.75 Å². The number of allylic oxidation sites excluding steroid dienone is 1. The third kappa shape index (κ3) is 4.43. The van der Waals surface area contributed by atoms with Crippen LogP contribution in [0.2, 0.25) is 5.02 Å². The molecule has 0 aliphatic carbocycles. The van der Waals surface area contributed by atoms with E-state index in [1.807, 2.05) is 43.3 Å². The van der Waals surface area contributed by atoms with E-state index in [9.17, 15) is 4.79 Å². The number of aliphatic imine (C=N–C) groups is 1. The first-order chi connectivity index (χ1) is 15.2. The van der Waals surface area contributed by atoms with E-state index < -0.39 is 0 Å². The number of amidine groups is 1. The largest absolute Gasteiger partial charge is 0.494 e. The monoisotopic (exact) mass is 467 g/mol. The normalized spacial score (nSPS) is 19.8. The van der Waals surface area contributed by atoms with Gasteiger partial charge in [-0.2, -0.15) is 0 Å². The van der Waals surface area contributed by atoms with E-state index in [4.69, 9.17) is 16.3 Å². The molecule has 166 valence electrons. The summed E-state index contributed by atoms with van der Waals surface area (Å²) < 4.78 is 5.46. The van der Waals surface area contributed by atoms with Gasteiger partial charge in [0.05, 0.1) is 22.7 Å². The minimum atomic E-state index is -0.181. The highest BCUT2D eigenvalue weighted by Gasteiger charge is 2.30. The number of rotatable bonds is 4. The number of carbonyl (C=O) groups is 1. The molecule has 2 aliphatic rings. The lowest BCUT2D eigenvalue weighted by molar-refractivity contribution is -0.115. The average molecular weight is 468 g/mol. The predicted octanol–water partition coefficient (Wildman–Crippen LogP) is 6.26. The minimum Gasteiger partial charge on any atom is -0.494 e. The second-order valence-corrected chi connectivity index (χ2v) is 9.78. The molecule has 7 heteroatoms. The van der Waals surface area contributed by atoms with Gasteiger partial charge < -0.3 is 15.0 Å². The van der Waals surface area contributed by atoms with E-state index in [-0.39, 0.29) is 11.4 Å². The molecule has 2 aromatic rings. The van der Waals surface area contributed by atoms with E-state index >= 15 is 0 Å². The molecule has 1 fully saturated rings. The molecule has 0 atom stereocenters. The van der Waals surface area contributed by atoms with E-state index in [0.717, 1.165) is 28.3 Å². The van der Waals surface area contributed by atoms with E-state index in [2.05, 4.69) is 55.2 Å². The number of hydrogen-bond donors (Lipinski definition) is 1. The molecule has 2 aromatic carbocycles. The Kier molecular flexibility index (Phi) is 6.10. The summed E-state index contributed by atoms with van der Waals surface area (Å²) in [7, 11) is 2.07. The fraction of sp³-hybridized carbons (Fsp3) is 0.280. The number of anilines is 1. The van der Waals surface area contributed by atoms with Gasteiger partial charge in [-0.25, -0.2) is 4.99 Å². The third-order valence-electron chi connectivity index (χ3n) is 5.65. The summed E-state index contributed by atoms with van der Waals surface area (Å²) in [6.45, 7) is 9.01. The maximum absolute atomic E-state index is 12.6. The van der Waals surface area contributed by atoms with Crippen LogP contribution in [-0.2, 0) is 4.79 Å². The first kappa shape index (κ1) is 22.5. The van der Waals surface area contributed by atoms with Gasteiger partial charge in [0.2, 0.25) is 0 Å². The van der Waals surface area contributed by atoms with Crippen LogP contribution in [0.1, 0.15) is 38.8 Å². The average Bonchev–Trinajstić information content (AvgIpc) is 3.07. The first-order valence-electron chi connectivity index (χ1n) is 10.5. The Bertz CT molecular complexity index is 1170. The number of ether oxygens (including phenoxy) is 1. The van der Waals surface area contributed by atoms with Gasteiger partial charge in [-0.15, -0.1) is 0 Å². The molecule has 0 radical (unpaired) electrons. The lowest BCUT2D eigenvalue weighted by Crippen LogP contribution is -2.42. The Labute approximate surface area is 198 Å². The van der Waals surface area contributed by atoms with Gasteiger partial charge in [0, 0.05) is 23.3 Å². The van der Waals surface area contributed by atoms with E-state index in [0.29, 0.717) is 21.7 Å². The van der Waals surface area contributed by atoms with Crippen molar-refractivity contribution in [3.63, 3.8) is 0 Å². The lowest BCUT2D eigenvalue weighted by atomic mass is 9.88. The van der Waals surface area contributed by atoms with Crippen molar-refractivity contribution in [2.45, 2.75) is 33.2 Å². The molecule has 5 nitrogen and oxygen atoms in total. The molecule has 0 unspecified atom stereocenters. The summed E-state index contributed by atoms with van der Waals surface area (Å²) in [6, 6.07) is 11.5. The smallest absolute Gasteiger partial charge is 0.264 e. The summed E-state index contributed by atoms with van der Waals surface area (Å²) in [5.74, 6) is 0.611. The predicted molar refractivity (Wildman–Crippen MR) is 136 cm³/mol. The summed E-state index contributed by atoms with van der Waals surface area (Å²) >= 11 is 7.93. The van der Waals surface area contributed by atoms with Crippen LogP contribution in [-0.4, -0.2) is 30.3 Å². The van der Waals surface area contributed by atoms with Gasteiger partial charge >= 0.3 is 0 Å². The highest BCUT2D eigenvalue weighted by Crippen LogP contribution is 2.41. The first-order valence-corrected chi connectivity index (χ1v) is 11.7. The third-order valence-corrected chi connectivity index (χ3v) is 6.89. The van der Waals surface area contributed by atoms with Crippen molar-refractivity contribution in [2.24, 2.45) is 4.99 Å². The lowest BCUT2D eigenvalue weighted by Gasteiger charge is -2.40. The molecule has 0 spiro atoms. The van der Waals surface area contributed by atoms with Crippen LogP contribution in [0.3, 0.4) is 0 Å². The number of thioether (sulfide) groups is 1. The molecule has 0 bridgehead atoms. The Morgan fingerprint density at radius 2 is 1.97 bits per heavy atom. The highest BCUT2D eigenvalue weighted by molar-refractivity contribution is 8.18. The quantitative estimate of drug-likeness (QED) is 0.539.